The number of rotatable bonds is 4. The number of nitrogens with zero attached hydrogens (tertiary/aromatic N) is 3. The number of aromatic nitrogens is 2. The third kappa shape index (κ3) is 3.42. The molecule has 1 aromatic heterocycles. The Hall–Kier alpha value is -2.68. The molecular weight excluding hydrogens is 284 g/mol. The lowest BCUT2D eigenvalue weighted by molar-refractivity contribution is -0.135. The summed E-state index contributed by atoms with van der Waals surface area (Å²) in [6.45, 7) is -0.511. The molecule has 8 nitrogen and oxygen atoms in total. The maximum absolute atomic E-state index is 12.1. The molecule has 3 N–H and O–H groups in total. The highest BCUT2D eigenvalue weighted by molar-refractivity contribution is 7.10. The SMILES string of the molecule is O=C(O)CN(C(=O)Nc1cnns1)c1ccc(O)cc1. The van der Waals surface area contributed by atoms with Crippen LogP contribution in [-0.4, -0.2) is 38.3 Å². The molecule has 104 valence electrons. The Morgan fingerprint density at radius 3 is 2.55 bits per heavy atom. The Balaban J connectivity index is 2.20. The van der Waals surface area contributed by atoms with Gasteiger partial charge in [0.15, 0.2) is 0 Å². The molecule has 0 spiro atoms. The molecule has 0 aliphatic carbocycles. The predicted molar refractivity (Wildman–Crippen MR) is 72.0 cm³/mol. The number of hydrogen-bond acceptors (Lipinski definition) is 6. The van der Waals surface area contributed by atoms with E-state index in [4.69, 9.17) is 5.11 Å². The van der Waals surface area contributed by atoms with Crippen molar-refractivity contribution in [3.05, 3.63) is 30.5 Å². The number of carbonyl (C=O) groups excluding carboxylic acids is 1. The van der Waals surface area contributed by atoms with Gasteiger partial charge in [-0.3, -0.25) is 15.0 Å². The minimum absolute atomic E-state index is 0.0242. The number of urea groups is 1. The summed E-state index contributed by atoms with van der Waals surface area (Å²) in [6.07, 6.45) is 1.36. The van der Waals surface area contributed by atoms with Crippen LogP contribution in [0.5, 0.6) is 5.75 Å². The number of nitrogens with one attached hydrogen (secondary N) is 1. The summed E-state index contributed by atoms with van der Waals surface area (Å²) < 4.78 is 3.59. The van der Waals surface area contributed by atoms with E-state index in [-0.39, 0.29) is 5.75 Å². The van der Waals surface area contributed by atoms with Crippen molar-refractivity contribution in [3.8, 4) is 5.75 Å². The summed E-state index contributed by atoms with van der Waals surface area (Å²) in [7, 11) is 0. The Labute approximate surface area is 117 Å². The molecule has 0 saturated heterocycles. The number of hydrogen-bond donors (Lipinski definition) is 3. The van der Waals surface area contributed by atoms with E-state index >= 15 is 0 Å². The Kier molecular flexibility index (Phi) is 4.11. The van der Waals surface area contributed by atoms with Crippen LogP contribution in [0.25, 0.3) is 0 Å². The van der Waals surface area contributed by atoms with Gasteiger partial charge in [-0.25, -0.2) is 4.79 Å². The molecule has 0 unspecified atom stereocenters. The van der Waals surface area contributed by atoms with E-state index in [9.17, 15) is 14.7 Å². The quantitative estimate of drug-likeness (QED) is 0.784. The van der Waals surface area contributed by atoms with Gasteiger partial charge in [-0.15, -0.1) is 5.10 Å². The molecule has 2 rings (SSSR count). The number of amides is 2. The van der Waals surface area contributed by atoms with Crippen LogP contribution >= 0.6 is 11.5 Å². The average Bonchev–Trinajstić information content (AvgIpc) is 2.89. The van der Waals surface area contributed by atoms with Crippen molar-refractivity contribution in [1.82, 2.24) is 9.59 Å². The van der Waals surface area contributed by atoms with Gasteiger partial charge in [0.1, 0.15) is 17.3 Å². The molecule has 0 aliphatic heterocycles. The smallest absolute Gasteiger partial charge is 0.327 e. The van der Waals surface area contributed by atoms with Crippen molar-refractivity contribution < 1.29 is 19.8 Å². The van der Waals surface area contributed by atoms with Crippen LogP contribution in [0.2, 0.25) is 0 Å². The van der Waals surface area contributed by atoms with Crippen molar-refractivity contribution in [2.45, 2.75) is 0 Å². The van der Waals surface area contributed by atoms with Crippen molar-refractivity contribution in [2.75, 3.05) is 16.8 Å². The van der Waals surface area contributed by atoms with Crippen LogP contribution in [0.15, 0.2) is 30.5 Å². The highest BCUT2D eigenvalue weighted by Gasteiger charge is 2.19. The molecular formula is C11H10N4O4S. The minimum Gasteiger partial charge on any atom is -0.508 e. The molecule has 2 aromatic rings. The van der Waals surface area contributed by atoms with Gasteiger partial charge in [0, 0.05) is 17.2 Å². The highest BCUT2D eigenvalue weighted by Crippen LogP contribution is 2.20. The number of phenols is 1. The van der Waals surface area contributed by atoms with Gasteiger partial charge >= 0.3 is 12.0 Å². The molecule has 0 saturated carbocycles. The van der Waals surface area contributed by atoms with Gasteiger partial charge in [-0.2, -0.15) is 0 Å². The van der Waals surface area contributed by atoms with Crippen LogP contribution in [0.1, 0.15) is 0 Å². The second-order valence-corrected chi connectivity index (χ2v) is 4.49. The van der Waals surface area contributed by atoms with E-state index in [2.05, 4.69) is 14.9 Å². The second-order valence-electron chi connectivity index (χ2n) is 3.71. The number of benzene rings is 1. The lowest BCUT2D eigenvalue weighted by Gasteiger charge is -2.20. The molecule has 20 heavy (non-hydrogen) atoms. The Bertz CT molecular complexity index is 599. The zero-order valence-electron chi connectivity index (χ0n) is 10.1. The van der Waals surface area contributed by atoms with E-state index in [0.717, 1.165) is 16.4 Å². The summed E-state index contributed by atoms with van der Waals surface area (Å²) >= 11 is 0.978. The standard InChI is InChI=1S/C11H10N4O4S/c16-8-3-1-7(2-4-8)15(6-10(17)18)11(19)13-9-5-12-14-20-9/h1-5,16H,6H2,(H,13,19)(H,17,18). The minimum atomic E-state index is -1.16. The fraction of sp³-hybridized carbons (Fsp3) is 0.0909. The molecule has 9 heteroatoms. The van der Waals surface area contributed by atoms with Crippen molar-refractivity contribution >= 4 is 34.2 Å². The normalized spacial score (nSPS) is 10.0. The maximum atomic E-state index is 12.1. The van der Waals surface area contributed by atoms with Crippen molar-refractivity contribution in [2.24, 2.45) is 0 Å². The van der Waals surface area contributed by atoms with E-state index in [1.165, 1.54) is 30.5 Å². The van der Waals surface area contributed by atoms with Gasteiger partial charge in [0.25, 0.3) is 0 Å². The zero-order chi connectivity index (χ0) is 14.5. The number of carboxylic acids is 1. The summed E-state index contributed by atoms with van der Waals surface area (Å²) in [6, 6.07) is 5.01. The van der Waals surface area contributed by atoms with Crippen molar-refractivity contribution in [1.29, 1.82) is 0 Å². The lowest BCUT2D eigenvalue weighted by atomic mass is 10.3. The first kappa shape index (κ1) is 13.7. The van der Waals surface area contributed by atoms with Crippen LogP contribution in [0.4, 0.5) is 15.5 Å². The van der Waals surface area contributed by atoms with Gasteiger partial charge in [-0.05, 0) is 24.3 Å². The van der Waals surface area contributed by atoms with E-state index in [1.807, 2.05) is 0 Å². The van der Waals surface area contributed by atoms with Crippen LogP contribution < -0.4 is 10.2 Å². The molecule has 0 aliphatic rings. The number of aliphatic carboxylic acids is 1. The van der Waals surface area contributed by atoms with Gasteiger partial charge in [-0.1, -0.05) is 4.49 Å². The summed E-state index contributed by atoms with van der Waals surface area (Å²) in [5, 5.41) is 24.6. The summed E-state index contributed by atoms with van der Waals surface area (Å²) in [5.74, 6) is -1.13. The van der Waals surface area contributed by atoms with E-state index in [0.29, 0.717) is 10.7 Å². The first-order chi connectivity index (χ1) is 9.56. The zero-order valence-corrected chi connectivity index (χ0v) is 10.9. The van der Waals surface area contributed by atoms with Gasteiger partial charge < -0.3 is 10.2 Å². The van der Waals surface area contributed by atoms with Gasteiger partial charge in [0.05, 0.1) is 6.20 Å². The lowest BCUT2D eigenvalue weighted by Crippen LogP contribution is -2.38. The Morgan fingerprint density at radius 1 is 1.30 bits per heavy atom. The molecule has 0 atom stereocenters. The largest absolute Gasteiger partial charge is 0.508 e. The first-order valence-electron chi connectivity index (χ1n) is 5.43. The summed E-state index contributed by atoms with van der Waals surface area (Å²) in [4.78, 5) is 24.0. The second kappa shape index (κ2) is 5.97. The molecule has 1 heterocycles. The molecule has 0 bridgehead atoms. The fourth-order valence-corrected chi connectivity index (χ4v) is 1.85. The molecule has 1 aromatic carbocycles. The number of carboxylic acid groups (broad SMARTS) is 1. The number of phenolic OH excluding ortho intramolecular Hbond substituents is 1. The Morgan fingerprint density at radius 2 is 2.00 bits per heavy atom. The topological polar surface area (TPSA) is 116 Å². The average molecular weight is 294 g/mol. The van der Waals surface area contributed by atoms with Crippen molar-refractivity contribution in [3.63, 3.8) is 0 Å². The third-order valence-corrected chi connectivity index (χ3v) is 2.87. The molecule has 0 fully saturated rings. The molecule has 0 radical (unpaired) electrons. The number of anilines is 2. The predicted octanol–water partition coefficient (Wildman–Crippen LogP) is 1.37. The third-order valence-electron chi connectivity index (χ3n) is 2.29. The highest BCUT2D eigenvalue weighted by atomic mass is 32.1. The number of carbonyl (C=O) groups is 2. The maximum Gasteiger partial charge on any atom is 0.327 e. The molecule has 2 amide bonds. The van der Waals surface area contributed by atoms with Crippen LogP contribution in [0.3, 0.4) is 0 Å². The monoisotopic (exact) mass is 294 g/mol. The van der Waals surface area contributed by atoms with Crippen LogP contribution in [0, 0.1) is 0 Å². The summed E-state index contributed by atoms with van der Waals surface area (Å²) in [5.41, 5.74) is 0.347. The van der Waals surface area contributed by atoms with Crippen LogP contribution in [-0.2, 0) is 4.79 Å². The van der Waals surface area contributed by atoms with E-state index in [1.54, 1.807) is 0 Å². The first-order valence-corrected chi connectivity index (χ1v) is 6.20. The fourth-order valence-electron chi connectivity index (χ4n) is 1.44. The van der Waals surface area contributed by atoms with Gasteiger partial charge in [0.2, 0.25) is 0 Å². The number of aromatic hydroxyl groups is 1. The van der Waals surface area contributed by atoms with E-state index < -0.39 is 18.5 Å².